The number of nitrogens with two attached hydrogens (primary N) is 1. The van der Waals surface area contributed by atoms with Crippen molar-refractivity contribution in [3.05, 3.63) is 34.3 Å². The number of hydrogen-bond donors (Lipinski definition) is 1. The third kappa shape index (κ3) is 3.35. The SMILES string of the molecule is Cc1ccc(COCCN)c(Cl)c1. The first-order valence-electron chi connectivity index (χ1n) is 4.27. The van der Waals surface area contributed by atoms with Crippen LogP contribution in [0, 0.1) is 6.92 Å². The Morgan fingerprint density at radius 1 is 1.46 bits per heavy atom. The van der Waals surface area contributed by atoms with Crippen molar-refractivity contribution in [2.45, 2.75) is 13.5 Å². The molecule has 0 radical (unpaired) electrons. The molecule has 0 aliphatic heterocycles. The molecule has 1 aromatic carbocycles. The zero-order chi connectivity index (χ0) is 9.68. The van der Waals surface area contributed by atoms with Gasteiger partial charge in [-0.3, -0.25) is 0 Å². The van der Waals surface area contributed by atoms with Crippen LogP contribution in [0.15, 0.2) is 18.2 Å². The van der Waals surface area contributed by atoms with Gasteiger partial charge >= 0.3 is 0 Å². The summed E-state index contributed by atoms with van der Waals surface area (Å²) in [5, 5.41) is 0.761. The molecular weight excluding hydrogens is 186 g/mol. The summed E-state index contributed by atoms with van der Waals surface area (Å²) in [4.78, 5) is 0. The molecule has 0 aromatic heterocycles. The number of halogens is 1. The Balaban J connectivity index is 2.56. The summed E-state index contributed by atoms with van der Waals surface area (Å²) in [7, 11) is 0. The minimum Gasteiger partial charge on any atom is -0.375 e. The first-order chi connectivity index (χ1) is 6.24. The van der Waals surface area contributed by atoms with Gasteiger partial charge in [-0.2, -0.15) is 0 Å². The number of hydrogen-bond acceptors (Lipinski definition) is 2. The molecule has 13 heavy (non-hydrogen) atoms. The van der Waals surface area contributed by atoms with E-state index < -0.39 is 0 Å². The molecule has 0 bridgehead atoms. The molecule has 0 atom stereocenters. The molecule has 0 unspecified atom stereocenters. The second-order valence-corrected chi connectivity index (χ2v) is 3.34. The average molecular weight is 200 g/mol. The lowest BCUT2D eigenvalue weighted by molar-refractivity contribution is 0.128. The van der Waals surface area contributed by atoms with Gasteiger partial charge in [0.25, 0.3) is 0 Å². The van der Waals surface area contributed by atoms with Crippen LogP contribution < -0.4 is 5.73 Å². The predicted molar refractivity (Wildman–Crippen MR) is 54.9 cm³/mol. The molecule has 0 aliphatic rings. The van der Waals surface area contributed by atoms with E-state index in [-0.39, 0.29) is 0 Å². The van der Waals surface area contributed by atoms with E-state index in [0.717, 1.165) is 16.1 Å². The molecule has 0 amide bonds. The second kappa shape index (κ2) is 5.22. The van der Waals surface area contributed by atoms with Gasteiger partial charge in [-0.1, -0.05) is 23.7 Å². The second-order valence-electron chi connectivity index (χ2n) is 2.94. The summed E-state index contributed by atoms with van der Waals surface area (Å²) in [5.74, 6) is 0. The molecule has 1 aromatic rings. The van der Waals surface area contributed by atoms with Gasteiger partial charge in [0, 0.05) is 11.6 Å². The predicted octanol–water partition coefficient (Wildman–Crippen LogP) is 2.12. The lowest BCUT2D eigenvalue weighted by Gasteiger charge is -2.05. The molecule has 0 fully saturated rings. The third-order valence-electron chi connectivity index (χ3n) is 1.73. The van der Waals surface area contributed by atoms with E-state index in [9.17, 15) is 0 Å². The van der Waals surface area contributed by atoms with Crippen LogP contribution >= 0.6 is 11.6 Å². The molecule has 1 rings (SSSR count). The highest BCUT2D eigenvalue weighted by Crippen LogP contribution is 2.18. The maximum absolute atomic E-state index is 6.00. The van der Waals surface area contributed by atoms with Crippen LogP contribution in [0.25, 0.3) is 0 Å². The van der Waals surface area contributed by atoms with Crippen molar-refractivity contribution in [2.24, 2.45) is 5.73 Å². The van der Waals surface area contributed by atoms with Crippen molar-refractivity contribution in [1.82, 2.24) is 0 Å². The fourth-order valence-corrected chi connectivity index (χ4v) is 1.32. The highest BCUT2D eigenvalue weighted by atomic mass is 35.5. The fourth-order valence-electron chi connectivity index (χ4n) is 1.03. The van der Waals surface area contributed by atoms with Gasteiger partial charge in [0.1, 0.15) is 0 Å². The van der Waals surface area contributed by atoms with Crippen molar-refractivity contribution in [2.75, 3.05) is 13.2 Å². The van der Waals surface area contributed by atoms with Crippen LogP contribution in [0.4, 0.5) is 0 Å². The van der Waals surface area contributed by atoms with Crippen molar-refractivity contribution in [3.8, 4) is 0 Å². The van der Waals surface area contributed by atoms with Crippen molar-refractivity contribution in [1.29, 1.82) is 0 Å². The van der Waals surface area contributed by atoms with E-state index in [0.29, 0.717) is 19.8 Å². The standard InChI is InChI=1S/C10H14ClNO/c1-8-2-3-9(10(11)6-8)7-13-5-4-12/h2-3,6H,4-5,7,12H2,1H3. The normalized spacial score (nSPS) is 10.4. The van der Waals surface area contributed by atoms with Crippen LogP contribution in [-0.2, 0) is 11.3 Å². The van der Waals surface area contributed by atoms with Crippen LogP contribution in [-0.4, -0.2) is 13.2 Å². The van der Waals surface area contributed by atoms with Crippen molar-refractivity contribution < 1.29 is 4.74 Å². The summed E-state index contributed by atoms with van der Waals surface area (Å²) < 4.78 is 5.28. The Hall–Kier alpha value is -0.570. The molecule has 0 saturated carbocycles. The smallest absolute Gasteiger partial charge is 0.0731 e. The van der Waals surface area contributed by atoms with Gasteiger partial charge in [-0.15, -0.1) is 0 Å². The van der Waals surface area contributed by atoms with E-state index in [1.54, 1.807) is 0 Å². The summed E-state index contributed by atoms with van der Waals surface area (Å²) in [5.41, 5.74) is 7.47. The Kier molecular flexibility index (Phi) is 4.22. The van der Waals surface area contributed by atoms with Gasteiger partial charge in [0.15, 0.2) is 0 Å². The molecule has 2 nitrogen and oxygen atoms in total. The van der Waals surface area contributed by atoms with Crippen molar-refractivity contribution in [3.63, 3.8) is 0 Å². The minimum absolute atomic E-state index is 0.538. The summed E-state index contributed by atoms with van der Waals surface area (Å²) in [6, 6.07) is 5.93. The van der Waals surface area contributed by atoms with Crippen LogP contribution in [0.1, 0.15) is 11.1 Å². The topological polar surface area (TPSA) is 35.2 Å². The lowest BCUT2D eigenvalue weighted by Crippen LogP contribution is -2.08. The summed E-state index contributed by atoms with van der Waals surface area (Å²) >= 11 is 6.00. The minimum atomic E-state index is 0.538. The third-order valence-corrected chi connectivity index (χ3v) is 2.08. The number of rotatable bonds is 4. The Morgan fingerprint density at radius 2 is 2.23 bits per heavy atom. The molecule has 0 heterocycles. The van der Waals surface area contributed by atoms with E-state index in [1.165, 1.54) is 0 Å². The van der Waals surface area contributed by atoms with E-state index in [1.807, 2.05) is 25.1 Å². The van der Waals surface area contributed by atoms with Crippen molar-refractivity contribution >= 4 is 11.6 Å². The largest absolute Gasteiger partial charge is 0.375 e. The van der Waals surface area contributed by atoms with Gasteiger partial charge in [-0.05, 0) is 24.1 Å². The number of aryl methyl sites for hydroxylation is 1. The molecule has 2 N–H and O–H groups in total. The first-order valence-corrected chi connectivity index (χ1v) is 4.64. The number of ether oxygens (including phenoxy) is 1. The highest BCUT2D eigenvalue weighted by molar-refractivity contribution is 6.31. The average Bonchev–Trinajstić information content (AvgIpc) is 2.09. The van der Waals surface area contributed by atoms with E-state index in [4.69, 9.17) is 22.1 Å². The number of benzene rings is 1. The Labute approximate surface area is 83.6 Å². The molecule has 72 valence electrons. The molecule has 0 aliphatic carbocycles. The zero-order valence-corrected chi connectivity index (χ0v) is 8.47. The van der Waals surface area contributed by atoms with Gasteiger partial charge < -0.3 is 10.5 Å². The van der Waals surface area contributed by atoms with E-state index in [2.05, 4.69) is 0 Å². The van der Waals surface area contributed by atoms with Crippen LogP contribution in [0.3, 0.4) is 0 Å². The molecule has 3 heteroatoms. The van der Waals surface area contributed by atoms with Crippen LogP contribution in [0.2, 0.25) is 5.02 Å². The summed E-state index contributed by atoms with van der Waals surface area (Å²) in [6.45, 7) is 3.67. The maximum atomic E-state index is 6.00. The van der Waals surface area contributed by atoms with Crippen LogP contribution in [0.5, 0.6) is 0 Å². The van der Waals surface area contributed by atoms with Gasteiger partial charge in [0.05, 0.1) is 13.2 Å². The maximum Gasteiger partial charge on any atom is 0.0731 e. The molecule has 0 saturated heterocycles. The molecule has 0 spiro atoms. The zero-order valence-electron chi connectivity index (χ0n) is 7.72. The Morgan fingerprint density at radius 3 is 2.85 bits per heavy atom. The fraction of sp³-hybridized carbons (Fsp3) is 0.400. The van der Waals surface area contributed by atoms with Gasteiger partial charge in [0.2, 0.25) is 0 Å². The Bertz CT molecular complexity index is 276. The first kappa shape index (κ1) is 10.5. The highest BCUT2D eigenvalue weighted by Gasteiger charge is 1.99. The monoisotopic (exact) mass is 199 g/mol. The summed E-state index contributed by atoms with van der Waals surface area (Å²) in [6.07, 6.45) is 0. The van der Waals surface area contributed by atoms with E-state index >= 15 is 0 Å². The lowest BCUT2D eigenvalue weighted by atomic mass is 10.2. The van der Waals surface area contributed by atoms with Gasteiger partial charge in [-0.25, -0.2) is 0 Å². The quantitative estimate of drug-likeness (QED) is 0.755. The molecular formula is C10H14ClNO.